The Morgan fingerprint density at radius 1 is 1.36 bits per heavy atom. The minimum absolute atomic E-state index is 0.0587. The van der Waals surface area contributed by atoms with Crippen LogP contribution in [0.3, 0.4) is 0 Å². The van der Waals surface area contributed by atoms with Crippen molar-refractivity contribution in [3.63, 3.8) is 0 Å². The van der Waals surface area contributed by atoms with Crippen molar-refractivity contribution in [1.82, 2.24) is 20.0 Å². The fourth-order valence-electron chi connectivity index (χ4n) is 3.15. The molecule has 126 valence electrons. The monoisotopic (exact) mass is 335 g/mol. The van der Waals surface area contributed by atoms with Crippen LogP contribution < -0.4 is 10.1 Å². The zero-order valence-electron chi connectivity index (χ0n) is 13.7. The molecule has 7 nitrogen and oxygen atoms in total. The number of hydrogen-bond acceptors (Lipinski definition) is 4. The fraction of sp³-hybridized carbons (Fsp3) is 0.167. The van der Waals surface area contributed by atoms with Gasteiger partial charge in [0.2, 0.25) is 5.91 Å². The van der Waals surface area contributed by atoms with Crippen LogP contribution in [0, 0.1) is 0 Å². The second kappa shape index (κ2) is 5.94. The first-order valence-electron chi connectivity index (χ1n) is 7.88. The minimum Gasteiger partial charge on any atom is -0.497 e. The second-order valence-electron chi connectivity index (χ2n) is 5.83. The van der Waals surface area contributed by atoms with E-state index in [2.05, 4.69) is 27.2 Å². The van der Waals surface area contributed by atoms with Gasteiger partial charge in [0.15, 0.2) is 5.82 Å². The standard InChI is InChI=1S/C18H17N5O2/c1-3-23-10-12(9-19-23)14-8-15(24)20-18-16(14)17(21-22-18)11-4-6-13(25-2)7-5-11/h3-7,9-10,14H,1,8H2,2H3,(H2,20,21,22,24). The van der Waals surface area contributed by atoms with E-state index in [0.717, 1.165) is 28.1 Å². The van der Waals surface area contributed by atoms with Crippen LogP contribution in [0.2, 0.25) is 0 Å². The molecule has 3 heterocycles. The van der Waals surface area contributed by atoms with Gasteiger partial charge >= 0.3 is 0 Å². The Balaban J connectivity index is 1.81. The lowest BCUT2D eigenvalue weighted by Gasteiger charge is -2.22. The lowest BCUT2D eigenvalue weighted by molar-refractivity contribution is -0.116. The van der Waals surface area contributed by atoms with Crippen molar-refractivity contribution < 1.29 is 9.53 Å². The topological polar surface area (TPSA) is 84.8 Å². The molecule has 1 aromatic carbocycles. The molecule has 1 atom stereocenters. The van der Waals surface area contributed by atoms with E-state index in [-0.39, 0.29) is 11.8 Å². The van der Waals surface area contributed by atoms with Gasteiger partial charge in [0.05, 0.1) is 19.0 Å². The highest BCUT2D eigenvalue weighted by Gasteiger charge is 2.32. The molecule has 1 aliphatic rings. The molecule has 1 unspecified atom stereocenters. The van der Waals surface area contributed by atoms with E-state index in [1.165, 1.54) is 0 Å². The average molecular weight is 335 g/mol. The van der Waals surface area contributed by atoms with Crippen LogP contribution >= 0.6 is 0 Å². The van der Waals surface area contributed by atoms with Crippen LogP contribution in [0.25, 0.3) is 17.5 Å². The smallest absolute Gasteiger partial charge is 0.226 e. The van der Waals surface area contributed by atoms with Crippen LogP contribution in [0.5, 0.6) is 5.75 Å². The van der Waals surface area contributed by atoms with Crippen molar-refractivity contribution in [2.45, 2.75) is 12.3 Å². The Bertz CT molecular complexity index is 939. The number of methoxy groups -OCH3 is 1. The molecule has 0 bridgehead atoms. The van der Waals surface area contributed by atoms with Crippen molar-refractivity contribution in [2.75, 3.05) is 12.4 Å². The van der Waals surface area contributed by atoms with Gasteiger partial charge in [-0.3, -0.25) is 9.89 Å². The van der Waals surface area contributed by atoms with E-state index in [1.54, 1.807) is 24.2 Å². The molecule has 2 N–H and O–H groups in total. The molecular formula is C18H17N5O2. The van der Waals surface area contributed by atoms with Crippen molar-refractivity contribution in [3.05, 3.63) is 54.4 Å². The van der Waals surface area contributed by atoms with Gasteiger partial charge in [-0.2, -0.15) is 10.2 Å². The third kappa shape index (κ3) is 2.59. The molecule has 0 saturated carbocycles. The second-order valence-corrected chi connectivity index (χ2v) is 5.83. The molecule has 0 fully saturated rings. The lowest BCUT2D eigenvalue weighted by Crippen LogP contribution is -2.23. The minimum atomic E-state index is -0.117. The summed E-state index contributed by atoms with van der Waals surface area (Å²) in [5.41, 5.74) is 3.78. The van der Waals surface area contributed by atoms with Crippen LogP contribution in [0.15, 0.2) is 43.2 Å². The number of carbonyl (C=O) groups is 1. The number of rotatable bonds is 4. The predicted molar refractivity (Wildman–Crippen MR) is 94.3 cm³/mol. The van der Waals surface area contributed by atoms with Crippen molar-refractivity contribution in [1.29, 1.82) is 0 Å². The van der Waals surface area contributed by atoms with Crippen molar-refractivity contribution in [3.8, 4) is 17.0 Å². The molecule has 4 rings (SSSR count). The highest BCUT2D eigenvalue weighted by Crippen LogP contribution is 2.41. The molecule has 25 heavy (non-hydrogen) atoms. The number of nitrogens with one attached hydrogen (secondary N) is 2. The normalized spacial score (nSPS) is 16.2. The van der Waals surface area contributed by atoms with Gasteiger partial charge < -0.3 is 10.1 Å². The van der Waals surface area contributed by atoms with Gasteiger partial charge in [0.25, 0.3) is 0 Å². The van der Waals surface area contributed by atoms with Gasteiger partial charge in [-0.1, -0.05) is 6.58 Å². The highest BCUT2D eigenvalue weighted by atomic mass is 16.5. The van der Waals surface area contributed by atoms with E-state index in [4.69, 9.17) is 4.74 Å². The molecule has 7 heteroatoms. The first-order chi connectivity index (χ1) is 12.2. The van der Waals surface area contributed by atoms with Crippen LogP contribution in [-0.2, 0) is 4.79 Å². The highest BCUT2D eigenvalue weighted by molar-refractivity contribution is 5.96. The Morgan fingerprint density at radius 3 is 2.84 bits per heavy atom. The number of H-pyrrole nitrogens is 1. The van der Waals surface area contributed by atoms with Gasteiger partial charge in [0, 0.05) is 35.9 Å². The Kier molecular flexibility index (Phi) is 3.61. The number of aromatic amines is 1. The summed E-state index contributed by atoms with van der Waals surface area (Å²) >= 11 is 0. The molecule has 3 aromatic rings. The summed E-state index contributed by atoms with van der Waals surface area (Å²) in [5.74, 6) is 1.18. The molecular weight excluding hydrogens is 318 g/mol. The maximum Gasteiger partial charge on any atom is 0.226 e. The number of carbonyl (C=O) groups excluding carboxylic acids is 1. The number of hydrogen-bond donors (Lipinski definition) is 2. The lowest BCUT2D eigenvalue weighted by atomic mass is 9.86. The Hall–Kier alpha value is -3.35. The number of fused-ring (bicyclic) bond motifs is 1. The fourth-order valence-corrected chi connectivity index (χ4v) is 3.15. The zero-order chi connectivity index (χ0) is 17.4. The van der Waals surface area contributed by atoms with E-state index in [1.807, 2.05) is 30.5 Å². The largest absolute Gasteiger partial charge is 0.497 e. The first-order valence-corrected chi connectivity index (χ1v) is 7.88. The van der Waals surface area contributed by atoms with Crippen LogP contribution in [0.1, 0.15) is 23.5 Å². The van der Waals surface area contributed by atoms with Gasteiger partial charge in [-0.15, -0.1) is 0 Å². The molecule has 1 amide bonds. The van der Waals surface area contributed by atoms with Crippen LogP contribution in [-0.4, -0.2) is 33.0 Å². The number of aromatic nitrogens is 4. The summed E-state index contributed by atoms with van der Waals surface area (Å²) in [4.78, 5) is 12.1. The molecule has 2 aromatic heterocycles. The van der Waals surface area contributed by atoms with Crippen LogP contribution in [0.4, 0.5) is 5.82 Å². The van der Waals surface area contributed by atoms with Crippen molar-refractivity contribution >= 4 is 17.9 Å². The predicted octanol–water partition coefficient (Wildman–Crippen LogP) is 2.86. The molecule has 0 saturated heterocycles. The summed E-state index contributed by atoms with van der Waals surface area (Å²) in [6, 6.07) is 7.73. The summed E-state index contributed by atoms with van der Waals surface area (Å²) in [5, 5.41) is 14.4. The summed E-state index contributed by atoms with van der Waals surface area (Å²) in [6.45, 7) is 3.71. The molecule has 0 radical (unpaired) electrons. The maximum atomic E-state index is 12.1. The van der Waals surface area contributed by atoms with Gasteiger partial charge in [0.1, 0.15) is 5.75 Å². The van der Waals surface area contributed by atoms with E-state index >= 15 is 0 Å². The van der Waals surface area contributed by atoms with E-state index in [9.17, 15) is 4.79 Å². The average Bonchev–Trinajstić information content (AvgIpc) is 3.28. The Labute approximate surface area is 144 Å². The Morgan fingerprint density at radius 2 is 2.16 bits per heavy atom. The number of benzene rings is 1. The first kappa shape index (κ1) is 15.2. The summed E-state index contributed by atoms with van der Waals surface area (Å²) in [7, 11) is 1.63. The molecule has 0 aliphatic carbocycles. The third-order valence-corrected chi connectivity index (χ3v) is 4.39. The van der Waals surface area contributed by atoms with Gasteiger partial charge in [-0.25, -0.2) is 4.68 Å². The van der Waals surface area contributed by atoms with E-state index < -0.39 is 0 Å². The van der Waals surface area contributed by atoms with Crippen molar-refractivity contribution in [2.24, 2.45) is 0 Å². The SMILES string of the molecule is C=Cn1cc(C2CC(=O)Nc3n[nH]c(-c4ccc(OC)cc4)c32)cn1. The number of ether oxygens (including phenoxy) is 1. The number of nitrogens with zero attached hydrogens (tertiary/aromatic N) is 3. The quantitative estimate of drug-likeness (QED) is 0.768. The van der Waals surface area contributed by atoms with E-state index in [0.29, 0.717) is 12.2 Å². The van der Waals surface area contributed by atoms with Gasteiger partial charge in [-0.05, 0) is 29.8 Å². The summed E-state index contributed by atoms with van der Waals surface area (Å²) < 4.78 is 6.85. The number of amides is 1. The zero-order valence-corrected chi connectivity index (χ0v) is 13.7. The number of anilines is 1. The summed E-state index contributed by atoms with van der Waals surface area (Å²) in [6.07, 6.45) is 5.61. The maximum absolute atomic E-state index is 12.1. The third-order valence-electron chi connectivity index (χ3n) is 4.39. The molecule has 1 aliphatic heterocycles. The molecule has 0 spiro atoms.